The van der Waals surface area contributed by atoms with E-state index >= 15 is 0 Å². The maximum atomic E-state index is 14.9. The number of rotatable bonds is 14. The molecular formula is C42H33ClF5N7O6S. The molecule has 0 unspecified atom stereocenters. The number of fused-ring (bicyclic) bond motifs is 2. The summed E-state index contributed by atoms with van der Waals surface area (Å²) in [6.45, 7) is -1.12. The topological polar surface area (TPSA) is 170 Å². The molecular weight excluding hydrogens is 861 g/mol. The number of benzene rings is 4. The van der Waals surface area contributed by atoms with E-state index in [1.165, 1.54) is 49.6 Å². The van der Waals surface area contributed by atoms with Gasteiger partial charge in [-0.15, -0.1) is 0 Å². The Kier molecular flexibility index (Phi) is 11.1. The van der Waals surface area contributed by atoms with E-state index in [2.05, 4.69) is 25.1 Å². The molecule has 3 aromatic heterocycles. The van der Waals surface area contributed by atoms with Crippen molar-refractivity contribution in [3.8, 4) is 22.7 Å². The van der Waals surface area contributed by atoms with Crippen LogP contribution in [0.15, 0.2) is 95.8 Å². The van der Waals surface area contributed by atoms with Gasteiger partial charge < -0.3 is 15.2 Å². The number of anilines is 1. The van der Waals surface area contributed by atoms with Crippen LogP contribution in [0.4, 0.5) is 32.6 Å². The predicted octanol–water partition coefficient (Wildman–Crippen LogP) is 8.21. The van der Waals surface area contributed by atoms with E-state index < -0.39 is 80.9 Å². The average molecular weight is 894 g/mol. The van der Waals surface area contributed by atoms with Crippen LogP contribution in [-0.2, 0) is 29.4 Å². The van der Waals surface area contributed by atoms with Crippen LogP contribution in [0.2, 0.25) is 5.02 Å². The van der Waals surface area contributed by atoms with Crippen molar-refractivity contribution < 1.29 is 45.0 Å². The van der Waals surface area contributed by atoms with E-state index in [1.54, 1.807) is 30.3 Å². The van der Waals surface area contributed by atoms with Crippen LogP contribution in [0, 0.1) is 17.5 Å². The Balaban J connectivity index is 1.34. The van der Waals surface area contributed by atoms with Crippen molar-refractivity contribution in [3.05, 3.63) is 141 Å². The third-order valence-electron chi connectivity index (χ3n) is 10.5. The fourth-order valence-electron chi connectivity index (χ4n) is 7.50. The number of nitrogens with one attached hydrogen (secondary N) is 2. The first kappa shape index (κ1) is 42.1. The molecule has 0 saturated heterocycles. The van der Waals surface area contributed by atoms with Gasteiger partial charge in [0.25, 0.3) is 12.0 Å². The average Bonchev–Trinajstić information content (AvgIpc) is 3.93. The Morgan fingerprint density at radius 3 is 2.31 bits per heavy atom. The number of hydrogen-bond acceptors (Lipinski definition) is 8. The van der Waals surface area contributed by atoms with E-state index in [-0.39, 0.29) is 68.7 Å². The summed E-state index contributed by atoms with van der Waals surface area (Å²) < 4.78 is 109. The number of pyridine rings is 1. The van der Waals surface area contributed by atoms with Gasteiger partial charge in [0, 0.05) is 18.1 Å². The SMILES string of the molecule is COc1ccc(CC2(S(=O)(=O)Nc3nn(CC(F)F)c4c(-n5c([C@H](Cc6cc(F)cc(F)c6)NC(=O)O)nc6nc(-c7ccccc7F)ccc6c5=O)ccc(Cl)c34)CC2)cc1. The lowest BCUT2D eigenvalue weighted by Crippen LogP contribution is -2.35. The van der Waals surface area contributed by atoms with Crippen molar-refractivity contribution in [3.63, 3.8) is 0 Å². The molecule has 20 heteroatoms. The van der Waals surface area contributed by atoms with Crippen molar-refractivity contribution in [1.29, 1.82) is 0 Å². The molecule has 62 heavy (non-hydrogen) atoms. The highest BCUT2D eigenvalue weighted by Crippen LogP contribution is 2.48. The van der Waals surface area contributed by atoms with E-state index in [9.17, 15) is 45.1 Å². The number of nitrogens with zero attached hydrogens (tertiary/aromatic N) is 5. The highest BCUT2D eigenvalue weighted by atomic mass is 35.5. The smallest absolute Gasteiger partial charge is 0.405 e. The fraction of sp³-hybridized carbons (Fsp3) is 0.214. The van der Waals surface area contributed by atoms with Crippen LogP contribution in [0.1, 0.15) is 35.8 Å². The quantitative estimate of drug-likeness (QED) is 0.0911. The summed E-state index contributed by atoms with van der Waals surface area (Å²) in [5, 5.41) is 16.0. The number of amides is 1. The number of methoxy groups -OCH3 is 1. The number of ether oxygens (including phenoxy) is 1. The maximum absolute atomic E-state index is 14.9. The normalized spacial score (nSPS) is 14.0. The summed E-state index contributed by atoms with van der Waals surface area (Å²) in [5.41, 5.74) is -1.05. The van der Waals surface area contributed by atoms with E-state index in [0.717, 1.165) is 21.4 Å². The molecule has 3 heterocycles. The minimum Gasteiger partial charge on any atom is -0.497 e. The second kappa shape index (κ2) is 16.4. The van der Waals surface area contributed by atoms with Gasteiger partial charge in [-0.1, -0.05) is 35.9 Å². The van der Waals surface area contributed by atoms with E-state index in [4.69, 9.17) is 16.3 Å². The highest BCUT2D eigenvalue weighted by Gasteiger charge is 2.55. The lowest BCUT2D eigenvalue weighted by Gasteiger charge is -2.22. The Morgan fingerprint density at radius 1 is 0.952 bits per heavy atom. The minimum atomic E-state index is -4.32. The Labute approximate surface area is 353 Å². The number of halogens is 6. The predicted molar refractivity (Wildman–Crippen MR) is 220 cm³/mol. The van der Waals surface area contributed by atoms with Gasteiger partial charge in [0.15, 0.2) is 11.5 Å². The third-order valence-corrected chi connectivity index (χ3v) is 13.0. The van der Waals surface area contributed by atoms with E-state index in [0.29, 0.717) is 17.4 Å². The van der Waals surface area contributed by atoms with Gasteiger partial charge in [-0.2, -0.15) is 5.10 Å². The lowest BCUT2D eigenvalue weighted by molar-refractivity contribution is 0.123. The Bertz CT molecular complexity index is 3050. The van der Waals surface area contributed by atoms with Crippen LogP contribution in [0.3, 0.4) is 0 Å². The molecule has 3 N–H and O–H groups in total. The molecule has 1 saturated carbocycles. The molecule has 1 amide bonds. The van der Waals surface area contributed by atoms with E-state index in [1.807, 2.05) is 0 Å². The van der Waals surface area contributed by atoms with Gasteiger partial charge in [0.05, 0.1) is 50.6 Å². The van der Waals surface area contributed by atoms with Gasteiger partial charge in [-0.25, -0.2) is 45.1 Å². The first-order valence-electron chi connectivity index (χ1n) is 18.8. The summed E-state index contributed by atoms with van der Waals surface area (Å²) in [4.78, 5) is 36.2. The van der Waals surface area contributed by atoms with Crippen molar-refractivity contribution >= 4 is 55.5 Å². The lowest BCUT2D eigenvalue weighted by atomic mass is 10.0. The molecule has 0 spiro atoms. The molecule has 0 radical (unpaired) electrons. The van der Waals surface area contributed by atoms with Crippen LogP contribution >= 0.6 is 11.6 Å². The van der Waals surface area contributed by atoms with Crippen LogP contribution < -0.4 is 20.3 Å². The molecule has 13 nitrogen and oxygen atoms in total. The zero-order chi connectivity index (χ0) is 44.1. The Hall–Kier alpha value is -6.60. The second-order valence-corrected chi connectivity index (χ2v) is 17.2. The summed E-state index contributed by atoms with van der Waals surface area (Å²) in [5.74, 6) is -2.93. The molecule has 0 bridgehead atoms. The molecule has 8 rings (SSSR count). The Morgan fingerprint density at radius 2 is 1.66 bits per heavy atom. The maximum Gasteiger partial charge on any atom is 0.405 e. The van der Waals surface area contributed by atoms with Crippen molar-refractivity contribution in [2.45, 2.75) is 49.4 Å². The molecule has 1 aliphatic carbocycles. The number of carbonyl (C=O) groups is 1. The molecule has 7 aromatic rings. The number of sulfonamides is 1. The standard InChI is InChI=1S/C42H33ClF5N7O6S/c1-61-26-8-6-22(7-9-26)20-42(14-15-42)62(59,60)53-38-35-29(43)11-13-33(36(35)54(52-38)21-34(47)48)55-39(32(50-41(57)58)18-23-16-24(44)19-25(45)17-23)51-37-28(40(55)56)10-12-31(49-37)27-4-2-3-5-30(27)46/h2-13,16-17,19,32,34,50H,14-15,18,20-21H2,1H3,(H,52,53)(H,57,58)/t32-/m0/s1. The molecule has 1 fully saturated rings. The van der Waals surface area contributed by atoms with Gasteiger partial charge >= 0.3 is 6.09 Å². The first-order chi connectivity index (χ1) is 29.6. The zero-order valence-corrected chi connectivity index (χ0v) is 33.8. The fourth-order valence-corrected chi connectivity index (χ4v) is 9.35. The van der Waals surface area contributed by atoms with Gasteiger partial charge in [0.1, 0.15) is 35.6 Å². The largest absolute Gasteiger partial charge is 0.497 e. The number of hydrogen-bond donors (Lipinski definition) is 3. The molecule has 4 aromatic carbocycles. The summed E-state index contributed by atoms with van der Waals surface area (Å²) in [7, 11) is -2.82. The second-order valence-electron chi connectivity index (χ2n) is 14.7. The molecule has 1 aliphatic rings. The number of alkyl halides is 2. The zero-order valence-electron chi connectivity index (χ0n) is 32.3. The third kappa shape index (κ3) is 8.12. The first-order valence-corrected chi connectivity index (χ1v) is 20.7. The number of aromatic nitrogens is 5. The monoisotopic (exact) mass is 893 g/mol. The minimum absolute atomic E-state index is 0.0413. The van der Waals surface area contributed by atoms with Crippen molar-refractivity contribution in [2.24, 2.45) is 0 Å². The van der Waals surface area contributed by atoms with Crippen molar-refractivity contribution in [1.82, 2.24) is 29.6 Å². The molecule has 1 atom stereocenters. The van der Waals surface area contributed by atoms with Crippen LogP contribution in [-0.4, -0.2) is 62.2 Å². The summed E-state index contributed by atoms with van der Waals surface area (Å²) in [6.07, 6.45) is -4.60. The van der Waals surface area contributed by atoms with Crippen LogP contribution in [0.25, 0.3) is 38.9 Å². The van der Waals surface area contributed by atoms with Gasteiger partial charge in [-0.05, 0) is 91.1 Å². The van der Waals surface area contributed by atoms with Crippen molar-refractivity contribution in [2.75, 3.05) is 11.8 Å². The molecule has 320 valence electrons. The van der Waals surface area contributed by atoms with Gasteiger partial charge in [0.2, 0.25) is 10.0 Å². The summed E-state index contributed by atoms with van der Waals surface area (Å²) in [6, 6.07) is 18.5. The summed E-state index contributed by atoms with van der Waals surface area (Å²) >= 11 is 6.73. The van der Waals surface area contributed by atoms with Gasteiger partial charge in [-0.3, -0.25) is 18.8 Å². The highest BCUT2D eigenvalue weighted by molar-refractivity contribution is 7.94. The number of carboxylic acid groups (broad SMARTS) is 1. The molecule has 0 aliphatic heterocycles. The van der Waals surface area contributed by atoms with Crippen LogP contribution in [0.5, 0.6) is 5.75 Å².